The van der Waals surface area contributed by atoms with Crippen LogP contribution in [-0.4, -0.2) is 23.4 Å². The third-order valence-corrected chi connectivity index (χ3v) is 3.79. The van der Waals surface area contributed by atoms with E-state index in [0.29, 0.717) is 11.4 Å². The van der Waals surface area contributed by atoms with Gasteiger partial charge in [-0.25, -0.2) is 0 Å². The standard InChI is InChI=1S/C19H19N3O3/c1-2-13-7-9-15(10-8-13)25-12-18(23)21-22-19(24)17-11-14-5-3-4-6-16(14)20-17/h3-11,20H,2,12H2,1H3,(H,21,23)(H,22,24). The van der Waals surface area contributed by atoms with Gasteiger partial charge >= 0.3 is 0 Å². The summed E-state index contributed by atoms with van der Waals surface area (Å²) in [5, 5.41) is 0.929. The summed E-state index contributed by atoms with van der Waals surface area (Å²) in [5.41, 5.74) is 7.13. The smallest absolute Gasteiger partial charge is 0.286 e. The average molecular weight is 337 g/mol. The number of rotatable bonds is 5. The summed E-state index contributed by atoms with van der Waals surface area (Å²) >= 11 is 0. The quantitative estimate of drug-likeness (QED) is 0.626. The fourth-order valence-electron chi connectivity index (χ4n) is 2.40. The average Bonchev–Trinajstić information content (AvgIpc) is 3.09. The van der Waals surface area contributed by atoms with E-state index in [1.165, 1.54) is 5.56 Å². The fraction of sp³-hybridized carbons (Fsp3) is 0.158. The number of H-pyrrole nitrogens is 1. The van der Waals surface area contributed by atoms with Gasteiger partial charge in [0.15, 0.2) is 6.61 Å². The lowest BCUT2D eigenvalue weighted by Gasteiger charge is -2.08. The molecule has 25 heavy (non-hydrogen) atoms. The lowest BCUT2D eigenvalue weighted by molar-refractivity contribution is -0.123. The molecule has 0 saturated carbocycles. The topological polar surface area (TPSA) is 83.2 Å². The molecule has 0 radical (unpaired) electrons. The van der Waals surface area contributed by atoms with E-state index < -0.39 is 11.8 Å². The minimum Gasteiger partial charge on any atom is -0.484 e. The summed E-state index contributed by atoms with van der Waals surface area (Å²) in [5.74, 6) is -0.254. The van der Waals surface area contributed by atoms with E-state index in [1.54, 1.807) is 6.07 Å². The number of hydrazine groups is 1. The second kappa shape index (κ2) is 7.53. The van der Waals surface area contributed by atoms with E-state index in [2.05, 4.69) is 22.8 Å². The van der Waals surface area contributed by atoms with E-state index in [9.17, 15) is 9.59 Å². The molecule has 128 valence electrons. The van der Waals surface area contributed by atoms with Crippen molar-refractivity contribution in [3.8, 4) is 5.75 Å². The first-order chi connectivity index (χ1) is 12.2. The molecular formula is C19H19N3O3. The van der Waals surface area contributed by atoms with E-state index >= 15 is 0 Å². The number of carbonyl (C=O) groups is 2. The normalized spacial score (nSPS) is 10.4. The number of aromatic amines is 1. The Kier molecular flexibility index (Phi) is 4.99. The van der Waals surface area contributed by atoms with Gasteiger partial charge in [-0.3, -0.25) is 20.4 Å². The molecule has 0 bridgehead atoms. The van der Waals surface area contributed by atoms with Crippen molar-refractivity contribution in [1.29, 1.82) is 0 Å². The zero-order valence-corrected chi connectivity index (χ0v) is 13.8. The predicted molar refractivity (Wildman–Crippen MR) is 95.2 cm³/mol. The van der Waals surface area contributed by atoms with Crippen LogP contribution < -0.4 is 15.6 Å². The second-order valence-electron chi connectivity index (χ2n) is 5.56. The van der Waals surface area contributed by atoms with Crippen molar-refractivity contribution < 1.29 is 14.3 Å². The number of fused-ring (bicyclic) bond motifs is 1. The second-order valence-corrected chi connectivity index (χ2v) is 5.56. The molecule has 6 nitrogen and oxygen atoms in total. The maximum Gasteiger partial charge on any atom is 0.286 e. The summed E-state index contributed by atoms with van der Waals surface area (Å²) in [6, 6.07) is 16.8. The van der Waals surface area contributed by atoms with Gasteiger partial charge in [0.2, 0.25) is 0 Å². The van der Waals surface area contributed by atoms with Crippen LogP contribution in [0.15, 0.2) is 54.6 Å². The molecule has 0 aliphatic heterocycles. The minimum absolute atomic E-state index is 0.182. The molecule has 2 amide bonds. The van der Waals surface area contributed by atoms with Gasteiger partial charge in [0.05, 0.1) is 0 Å². The monoisotopic (exact) mass is 337 g/mol. The van der Waals surface area contributed by atoms with Crippen molar-refractivity contribution in [2.75, 3.05) is 6.61 Å². The molecule has 0 spiro atoms. The highest BCUT2D eigenvalue weighted by Gasteiger charge is 2.10. The Morgan fingerprint density at radius 2 is 1.80 bits per heavy atom. The van der Waals surface area contributed by atoms with Gasteiger partial charge in [-0.2, -0.15) is 0 Å². The van der Waals surface area contributed by atoms with Gasteiger partial charge in [-0.15, -0.1) is 0 Å². The Morgan fingerprint density at radius 1 is 1.04 bits per heavy atom. The molecule has 1 aromatic heterocycles. The lowest BCUT2D eigenvalue weighted by atomic mass is 10.2. The molecule has 0 atom stereocenters. The number of ether oxygens (including phenoxy) is 1. The number of carbonyl (C=O) groups excluding carboxylic acids is 2. The summed E-state index contributed by atoms with van der Waals surface area (Å²) in [7, 11) is 0. The number of hydrogen-bond acceptors (Lipinski definition) is 3. The van der Waals surface area contributed by atoms with E-state index in [4.69, 9.17) is 4.74 Å². The number of aryl methyl sites for hydroxylation is 1. The zero-order chi connectivity index (χ0) is 17.6. The Bertz CT molecular complexity index is 851. The number of amides is 2. The molecule has 0 unspecified atom stereocenters. The van der Waals surface area contributed by atoms with Crippen LogP contribution >= 0.6 is 0 Å². The van der Waals surface area contributed by atoms with Crippen LogP contribution in [0.2, 0.25) is 0 Å². The lowest BCUT2D eigenvalue weighted by Crippen LogP contribution is -2.43. The van der Waals surface area contributed by atoms with E-state index in [0.717, 1.165) is 17.3 Å². The minimum atomic E-state index is -0.441. The van der Waals surface area contributed by atoms with Gasteiger partial charge in [-0.05, 0) is 36.2 Å². The first-order valence-electron chi connectivity index (χ1n) is 8.04. The van der Waals surface area contributed by atoms with Crippen LogP contribution in [0, 0.1) is 0 Å². The zero-order valence-electron chi connectivity index (χ0n) is 13.8. The van der Waals surface area contributed by atoms with Crippen LogP contribution in [0.25, 0.3) is 10.9 Å². The molecule has 6 heteroatoms. The van der Waals surface area contributed by atoms with Crippen LogP contribution in [0.1, 0.15) is 23.0 Å². The maximum absolute atomic E-state index is 12.1. The SMILES string of the molecule is CCc1ccc(OCC(=O)NNC(=O)c2cc3ccccc3[nH]2)cc1. The summed E-state index contributed by atoms with van der Waals surface area (Å²) < 4.78 is 5.38. The van der Waals surface area contributed by atoms with Crippen LogP contribution in [0.3, 0.4) is 0 Å². The van der Waals surface area contributed by atoms with Gasteiger partial charge in [0.1, 0.15) is 11.4 Å². The van der Waals surface area contributed by atoms with Crippen molar-refractivity contribution in [1.82, 2.24) is 15.8 Å². The Morgan fingerprint density at radius 3 is 2.52 bits per heavy atom. The fourth-order valence-corrected chi connectivity index (χ4v) is 2.40. The number of hydrogen-bond donors (Lipinski definition) is 3. The molecule has 0 saturated heterocycles. The number of nitrogens with one attached hydrogen (secondary N) is 3. The number of benzene rings is 2. The molecule has 1 heterocycles. The van der Waals surface area contributed by atoms with Crippen LogP contribution in [0.4, 0.5) is 0 Å². The van der Waals surface area contributed by atoms with E-state index in [-0.39, 0.29) is 6.61 Å². The molecular weight excluding hydrogens is 318 g/mol. The van der Waals surface area contributed by atoms with Crippen LogP contribution in [0.5, 0.6) is 5.75 Å². The third-order valence-electron chi connectivity index (χ3n) is 3.79. The maximum atomic E-state index is 12.1. The number of aromatic nitrogens is 1. The van der Waals surface area contributed by atoms with Crippen molar-refractivity contribution >= 4 is 22.7 Å². The van der Waals surface area contributed by atoms with E-state index in [1.807, 2.05) is 48.5 Å². The Hall–Kier alpha value is -3.28. The molecule has 3 N–H and O–H groups in total. The highest BCUT2D eigenvalue weighted by molar-refractivity contribution is 5.98. The van der Waals surface area contributed by atoms with Gasteiger partial charge in [0, 0.05) is 10.9 Å². The highest BCUT2D eigenvalue weighted by atomic mass is 16.5. The van der Waals surface area contributed by atoms with Crippen molar-refractivity contribution in [2.45, 2.75) is 13.3 Å². The largest absolute Gasteiger partial charge is 0.484 e. The first kappa shape index (κ1) is 16.6. The van der Waals surface area contributed by atoms with Gasteiger partial charge in [-0.1, -0.05) is 37.3 Å². The van der Waals surface area contributed by atoms with Gasteiger partial charge in [0.25, 0.3) is 11.8 Å². The molecule has 0 fully saturated rings. The molecule has 2 aromatic carbocycles. The third kappa shape index (κ3) is 4.17. The van der Waals surface area contributed by atoms with Crippen molar-refractivity contribution in [3.05, 3.63) is 65.9 Å². The molecule has 3 rings (SSSR count). The first-order valence-corrected chi connectivity index (χ1v) is 8.04. The summed E-state index contributed by atoms with van der Waals surface area (Å²) in [6.45, 7) is 1.89. The summed E-state index contributed by atoms with van der Waals surface area (Å²) in [6.07, 6.45) is 0.945. The Balaban J connectivity index is 1.48. The van der Waals surface area contributed by atoms with Crippen molar-refractivity contribution in [2.24, 2.45) is 0 Å². The molecule has 0 aliphatic rings. The molecule has 0 aliphatic carbocycles. The predicted octanol–water partition coefficient (Wildman–Crippen LogP) is 2.57. The van der Waals surface area contributed by atoms with Gasteiger partial charge < -0.3 is 9.72 Å². The van der Waals surface area contributed by atoms with Crippen LogP contribution in [-0.2, 0) is 11.2 Å². The highest BCUT2D eigenvalue weighted by Crippen LogP contribution is 2.14. The number of para-hydroxylation sites is 1. The Labute approximate surface area is 145 Å². The summed E-state index contributed by atoms with van der Waals surface area (Å²) in [4.78, 5) is 26.8. The van der Waals surface area contributed by atoms with Crippen molar-refractivity contribution in [3.63, 3.8) is 0 Å². The molecule has 3 aromatic rings.